The third kappa shape index (κ3) is 2.30. The van der Waals surface area contributed by atoms with Gasteiger partial charge in [0.05, 0.1) is 12.8 Å². The SMILES string of the molecule is O=c1ccn(O[C@@H]2CO[C@@H](CO)O2)c(=O)[nH]1. The lowest BCUT2D eigenvalue weighted by molar-refractivity contribution is -0.159. The number of H-pyrrole nitrogens is 1. The van der Waals surface area contributed by atoms with Crippen LogP contribution in [0.3, 0.4) is 0 Å². The average Bonchev–Trinajstić information content (AvgIpc) is 2.70. The first-order valence-electron chi connectivity index (χ1n) is 4.56. The van der Waals surface area contributed by atoms with Crippen molar-refractivity contribution in [1.82, 2.24) is 9.71 Å². The number of aromatic amines is 1. The number of aromatic nitrogens is 2. The third-order valence-electron chi connectivity index (χ3n) is 1.89. The zero-order chi connectivity index (χ0) is 11.5. The molecule has 2 heterocycles. The predicted octanol–water partition coefficient (Wildman–Crippen LogP) is -2.34. The molecule has 8 heteroatoms. The molecule has 0 spiro atoms. The van der Waals surface area contributed by atoms with Crippen LogP contribution in [0.4, 0.5) is 0 Å². The van der Waals surface area contributed by atoms with Crippen molar-refractivity contribution in [3.63, 3.8) is 0 Å². The molecule has 16 heavy (non-hydrogen) atoms. The van der Waals surface area contributed by atoms with Gasteiger partial charge >= 0.3 is 5.69 Å². The lowest BCUT2D eigenvalue weighted by atomic mass is 10.7. The summed E-state index contributed by atoms with van der Waals surface area (Å²) >= 11 is 0. The molecule has 1 aromatic rings. The van der Waals surface area contributed by atoms with E-state index >= 15 is 0 Å². The molecule has 0 unspecified atom stereocenters. The summed E-state index contributed by atoms with van der Waals surface area (Å²) in [7, 11) is 0. The van der Waals surface area contributed by atoms with Crippen molar-refractivity contribution < 1.29 is 19.4 Å². The molecule has 0 aliphatic carbocycles. The van der Waals surface area contributed by atoms with Gasteiger partial charge in [-0.05, 0) is 0 Å². The summed E-state index contributed by atoms with van der Waals surface area (Å²) in [5, 5.41) is 8.72. The number of nitrogens with zero attached hydrogens (tertiary/aromatic N) is 1. The molecule has 1 saturated heterocycles. The van der Waals surface area contributed by atoms with Crippen LogP contribution in [0, 0.1) is 0 Å². The lowest BCUT2D eigenvalue weighted by Gasteiger charge is -2.12. The number of aliphatic hydroxyl groups is 1. The Kier molecular flexibility index (Phi) is 3.04. The topological polar surface area (TPSA) is 103 Å². The van der Waals surface area contributed by atoms with Crippen LogP contribution in [0.25, 0.3) is 0 Å². The number of aliphatic hydroxyl groups excluding tert-OH is 1. The van der Waals surface area contributed by atoms with E-state index in [2.05, 4.69) is 0 Å². The van der Waals surface area contributed by atoms with Gasteiger partial charge in [-0.1, -0.05) is 0 Å². The molecule has 2 atom stereocenters. The van der Waals surface area contributed by atoms with Gasteiger partial charge in [-0.25, -0.2) is 4.79 Å². The maximum atomic E-state index is 11.2. The number of nitrogens with one attached hydrogen (secondary N) is 1. The molecule has 0 saturated carbocycles. The van der Waals surface area contributed by atoms with Gasteiger partial charge in [0.1, 0.15) is 6.61 Å². The predicted molar refractivity (Wildman–Crippen MR) is 49.6 cm³/mol. The molecule has 2 N–H and O–H groups in total. The van der Waals surface area contributed by atoms with Gasteiger partial charge in [0.15, 0.2) is 6.29 Å². The van der Waals surface area contributed by atoms with Gasteiger partial charge in [-0.2, -0.15) is 0 Å². The van der Waals surface area contributed by atoms with Crippen molar-refractivity contribution in [3.05, 3.63) is 33.1 Å². The first-order valence-corrected chi connectivity index (χ1v) is 4.56. The summed E-state index contributed by atoms with van der Waals surface area (Å²) in [6.45, 7) is -0.197. The van der Waals surface area contributed by atoms with E-state index in [0.717, 1.165) is 10.8 Å². The molecular formula is C8H10N2O6. The maximum Gasteiger partial charge on any atom is 0.361 e. The number of rotatable bonds is 3. The zero-order valence-corrected chi connectivity index (χ0v) is 8.16. The zero-order valence-electron chi connectivity index (χ0n) is 8.16. The summed E-state index contributed by atoms with van der Waals surface area (Å²) in [5.74, 6) is 0. The minimum absolute atomic E-state index is 0.0940. The minimum Gasteiger partial charge on any atom is -0.391 e. The summed E-state index contributed by atoms with van der Waals surface area (Å²) in [6, 6.07) is 1.14. The van der Waals surface area contributed by atoms with Gasteiger partial charge in [0, 0.05) is 6.07 Å². The molecule has 0 bridgehead atoms. The van der Waals surface area contributed by atoms with E-state index in [-0.39, 0.29) is 13.2 Å². The second-order valence-corrected chi connectivity index (χ2v) is 3.05. The fourth-order valence-electron chi connectivity index (χ4n) is 1.20. The standard InChI is InChI=1S/C8H10N2O6/c11-3-6-14-4-7(15-6)16-10-2-1-5(12)9-8(10)13/h1-2,6-7,11H,3-4H2,(H,9,12,13)/t6-,7-/m1/s1. The molecule has 0 radical (unpaired) electrons. The molecule has 1 aromatic heterocycles. The summed E-state index contributed by atoms with van der Waals surface area (Å²) < 4.78 is 10.8. The highest BCUT2D eigenvalue weighted by molar-refractivity contribution is 4.80. The third-order valence-corrected chi connectivity index (χ3v) is 1.89. The Balaban J connectivity index is 2.05. The molecule has 0 amide bonds. The quantitative estimate of drug-likeness (QED) is 0.603. The van der Waals surface area contributed by atoms with Crippen LogP contribution in [0.1, 0.15) is 0 Å². The fraction of sp³-hybridized carbons (Fsp3) is 0.500. The largest absolute Gasteiger partial charge is 0.391 e. The van der Waals surface area contributed by atoms with Crippen LogP contribution in [-0.2, 0) is 9.47 Å². The van der Waals surface area contributed by atoms with E-state index in [1.54, 1.807) is 0 Å². The number of hydrogen-bond acceptors (Lipinski definition) is 6. The fourth-order valence-corrected chi connectivity index (χ4v) is 1.20. The molecule has 1 fully saturated rings. The van der Waals surface area contributed by atoms with E-state index in [9.17, 15) is 9.59 Å². The van der Waals surface area contributed by atoms with E-state index in [4.69, 9.17) is 19.4 Å². The average molecular weight is 230 g/mol. The van der Waals surface area contributed by atoms with E-state index in [0.29, 0.717) is 0 Å². The molecular weight excluding hydrogens is 220 g/mol. The number of hydrogen-bond donors (Lipinski definition) is 2. The van der Waals surface area contributed by atoms with E-state index in [1.807, 2.05) is 4.98 Å². The van der Waals surface area contributed by atoms with Crippen molar-refractivity contribution in [1.29, 1.82) is 0 Å². The Morgan fingerprint density at radius 1 is 1.62 bits per heavy atom. The van der Waals surface area contributed by atoms with Crippen molar-refractivity contribution in [2.75, 3.05) is 13.2 Å². The molecule has 0 aromatic carbocycles. The van der Waals surface area contributed by atoms with Crippen LogP contribution < -0.4 is 16.1 Å². The van der Waals surface area contributed by atoms with Gasteiger partial charge in [-0.15, -0.1) is 4.73 Å². The monoisotopic (exact) mass is 230 g/mol. The van der Waals surface area contributed by atoms with Crippen LogP contribution in [0.5, 0.6) is 0 Å². The van der Waals surface area contributed by atoms with Gasteiger partial charge in [0.25, 0.3) is 11.8 Å². The van der Waals surface area contributed by atoms with E-state index in [1.165, 1.54) is 6.20 Å². The van der Waals surface area contributed by atoms with Crippen LogP contribution in [0.15, 0.2) is 21.9 Å². The summed E-state index contributed by atoms with van der Waals surface area (Å²) in [4.78, 5) is 29.1. The molecule has 88 valence electrons. The van der Waals surface area contributed by atoms with Crippen LogP contribution in [0.2, 0.25) is 0 Å². The summed E-state index contributed by atoms with van der Waals surface area (Å²) in [5.41, 5.74) is -1.22. The van der Waals surface area contributed by atoms with Crippen molar-refractivity contribution in [2.45, 2.75) is 12.6 Å². The van der Waals surface area contributed by atoms with Crippen molar-refractivity contribution in [3.8, 4) is 0 Å². The Labute approximate surface area is 88.9 Å². The van der Waals surface area contributed by atoms with E-state index < -0.39 is 23.8 Å². The van der Waals surface area contributed by atoms with Crippen molar-refractivity contribution >= 4 is 0 Å². The second-order valence-electron chi connectivity index (χ2n) is 3.05. The van der Waals surface area contributed by atoms with Gasteiger partial charge in [-0.3, -0.25) is 9.78 Å². The lowest BCUT2D eigenvalue weighted by Crippen LogP contribution is -2.38. The van der Waals surface area contributed by atoms with Crippen molar-refractivity contribution in [2.24, 2.45) is 0 Å². The maximum absolute atomic E-state index is 11.2. The summed E-state index contributed by atoms with van der Waals surface area (Å²) in [6.07, 6.45) is -0.360. The highest BCUT2D eigenvalue weighted by atomic mass is 16.9. The highest BCUT2D eigenvalue weighted by Gasteiger charge is 2.27. The Bertz CT molecular complexity index is 466. The van der Waals surface area contributed by atoms with Crippen LogP contribution >= 0.6 is 0 Å². The molecule has 1 aliphatic heterocycles. The first-order chi connectivity index (χ1) is 7.69. The smallest absolute Gasteiger partial charge is 0.361 e. The highest BCUT2D eigenvalue weighted by Crippen LogP contribution is 2.09. The minimum atomic E-state index is -0.791. The van der Waals surface area contributed by atoms with Crippen LogP contribution in [-0.4, -0.2) is 40.6 Å². The Morgan fingerprint density at radius 2 is 2.44 bits per heavy atom. The number of ether oxygens (including phenoxy) is 2. The second kappa shape index (κ2) is 4.47. The Hall–Kier alpha value is -1.64. The molecule has 2 rings (SSSR count). The Morgan fingerprint density at radius 3 is 3.06 bits per heavy atom. The van der Waals surface area contributed by atoms with Gasteiger partial charge < -0.3 is 19.4 Å². The molecule has 8 nitrogen and oxygen atoms in total. The normalized spacial score (nSPS) is 24.6. The molecule has 1 aliphatic rings. The van der Waals surface area contributed by atoms with Gasteiger partial charge in [0.2, 0.25) is 0 Å². The first kappa shape index (κ1) is 10.9.